The van der Waals surface area contributed by atoms with Gasteiger partial charge in [0.1, 0.15) is 5.75 Å². The Morgan fingerprint density at radius 2 is 1.80 bits per heavy atom. The Morgan fingerprint density at radius 1 is 1.04 bits per heavy atom. The van der Waals surface area contributed by atoms with Crippen LogP contribution in [0.3, 0.4) is 0 Å². The molecule has 2 aliphatic rings. The van der Waals surface area contributed by atoms with Crippen LogP contribution in [0.15, 0.2) is 48.5 Å². The molecule has 0 spiro atoms. The Bertz CT molecular complexity index is 827. The van der Waals surface area contributed by atoms with Gasteiger partial charge in [-0.05, 0) is 55.8 Å². The summed E-state index contributed by atoms with van der Waals surface area (Å²) in [6.07, 6.45) is 2.23. The summed E-state index contributed by atoms with van der Waals surface area (Å²) in [5.74, 6) is 2.42. The van der Waals surface area contributed by atoms with Crippen molar-refractivity contribution in [2.75, 3.05) is 14.2 Å². The Hall–Kier alpha value is -2.66. The quantitative estimate of drug-likeness (QED) is 0.924. The number of ether oxygens (including phenoxy) is 3. The van der Waals surface area contributed by atoms with Gasteiger partial charge in [-0.15, -0.1) is 0 Å². The molecule has 5 heteroatoms. The fourth-order valence-corrected chi connectivity index (χ4v) is 3.43. The molecular formula is C20H22N2O3. The lowest BCUT2D eigenvalue weighted by molar-refractivity contribution is -0.104. The summed E-state index contributed by atoms with van der Waals surface area (Å²) >= 11 is 0. The fourth-order valence-electron chi connectivity index (χ4n) is 3.43. The molecule has 25 heavy (non-hydrogen) atoms. The first-order chi connectivity index (χ1) is 12.0. The second kappa shape index (κ2) is 5.70. The number of benzene rings is 2. The lowest BCUT2D eigenvalue weighted by atomic mass is 9.99. The number of fused-ring (bicyclic) bond motifs is 3. The highest BCUT2D eigenvalue weighted by Gasteiger charge is 2.45. The summed E-state index contributed by atoms with van der Waals surface area (Å²) in [5, 5.41) is 2.13. The molecule has 0 saturated heterocycles. The van der Waals surface area contributed by atoms with Crippen LogP contribution in [0.5, 0.6) is 17.2 Å². The number of methoxy groups -OCH3 is 2. The van der Waals surface area contributed by atoms with Crippen molar-refractivity contribution in [1.29, 1.82) is 0 Å². The van der Waals surface area contributed by atoms with Gasteiger partial charge in [0.15, 0.2) is 17.2 Å². The van der Waals surface area contributed by atoms with Crippen LogP contribution in [0.1, 0.15) is 31.0 Å². The fraction of sp³-hybridized carbons (Fsp3) is 0.300. The molecule has 1 N–H and O–H groups in total. The van der Waals surface area contributed by atoms with Crippen molar-refractivity contribution in [3.05, 3.63) is 59.7 Å². The first-order valence-corrected chi connectivity index (χ1v) is 8.31. The first kappa shape index (κ1) is 15.8. The number of hydrogen-bond acceptors (Lipinski definition) is 5. The average Bonchev–Trinajstić information content (AvgIpc) is 3.08. The third kappa shape index (κ3) is 2.51. The van der Waals surface area contributed by atoms with Crippen molar-refractivity contribution in [3.63, 3.8) is 0 Å². The molecule has 5 nitrogen and oxygen atoms in total. The lowest BCUT2D eigenvalue weighted by Gasteiger charge is -2.44. The zero-order chi connectivity index (χ0) is 17.6. The monoisotopic (exact) mass is 338 g/mol. The zero-order valence-corrected chi connectivity index (χ0v) is 14.9. The van der Waals surface area contributed by atoms with E-state index in [1.807, 2.05) is 38.1 Å². The predicted octanol–water partition coefficient (Wildman–Crippen LogP) is 3.73. The van der Waals surface area contributed by atoms with E-state index in [4.69, 9.17) is 14.2 Å². The third-order valence-corrected chi connectivity index (χ3v) is 4.72. The van der Waals surface area contributed by atoms with E-state index in [2.05, 4.69) is 34.7 Å². The molecule has 4 rings (SSSR count). The maximum atomic E-state index is 6.26. The van der Waals surface area contributed by atoms with Gasteiger partial charge in [0.2, 0.25) is 0 Å². The van der Waals surface area contributed by atoms with Gasteiger partial charge in [0.05, 0.1) is 26.0 Å². The molecule has 2 heterocycles. The smallest absolute Gasteiger partial charge is 0.175 e. The molecule has 1 unspecified atom stereocenters. The Labute approximate surface area is 147 Å². The molecule has 2 aliphatic heterocycles. The summed E-state index contributed by atoms with van der Waals surface area (Å²) in [4.78, 5) is 0. The van der Waals surface area contributed by atoms with E-state index in [1.54, 1.807) is 14.2 Å². The molecule has 0 saturated carbocycles. The van der Waals surface area contributed by atoms with E-state index in [0.29, 0.717) is 0 Å². The molecular weight excluding hydrogens is 316 g/mol. The lowest BCUT2D eigenvalue weighted by Crippen LogP contribution is -2.55. The van der Waals surface area contributed by atoms with Crippen LogP contribution in [-0.4, -0.2) is 25.0 Å². The van der Waals surface area contributed by atoms with Gasteiger partial charge >= 0.3 is 0 Å². The SMILES string of the molecule is COc1ccc(C2=CC3c4cccc(OC)c4OC(C)(C)N3N2)cc1. The van der Waals surface area contributed by atoms with E-state index in [0.717, 1.165) is 34.1 Å². The first-order valence-electron chi connectivity index (χ1n) is 8.31. The van der Waals surface area contributed by atoms with Crippen molar-refractivity contribution in [1.82, 2.24) is 10.4 Å². The van der Waals surface area contributed by atoms with Crippen molar-refractivity contribution in [2.24, 2.45) is 0 Å². The molecule has 0 aromatic heterocycles. The molecule has 0 amide bonds. The number of nitrogens with one attached hydrogen (secondary N) is 1. The number of hydrogen-bond donors (Lipinski definition) is 1. The Balaban J connectivity index is 1.76. The van der Waals surface area contributed by atoms with Gasteiger partial charge in [0.25, 0.3) is 0 Å². The zero-order valence-electron chi connectivity index (χ0n) is 14.9. The van der Waals surface area contributed by atoms with Crippen LogP contribution in [0, 0.1) is 0 Å². The van der Waals surface area contributed by atoms with Gasteiger partial charge in [0, 0.05) is 5.56 Å². The topological polar surface area (TPSA) is 43.0 Å². The maximum Gasteiger partial charge on any atom is 0.175 e. The number of hydrazine groups is 1. The van der Waals surface area contributed by atoms with Crippen molar-refractivity contribution in [3.8, 4) is 17.2 Å². The largest absolute Gasteiger partial charge is 0.497 e. The van der Waals surface area contributed by atoms with E-state index >= 15 is 0 Å². The van der Waals surface area contributed by atoms with Crippen molar-refractivity contribution >= 4 is 5.70 Å². The second-order valence-corrected chi connectivity index (χ2v) is 6.66. The van der Waals surface area contributed by atoms with E-state index in [1.165, 1.54) is 0 Å². The van der Waals surface area contributed by atoms with E-state index in [-0.39, 0.29) is 6.04 Å². The van der Waals surface area contributed by atoms with Crippen LogP contribution in [0.25, 0.3) is 5.70 Å². The van der Waals surface area contributed by atoms with E-state index < -0.39 is 5.72 Å². The summed E-state index contributed by atoms with van der Waals surface area (Å²) in [6.45, 7) is 4.10. The van der Waals surface area contributed by atoms with Gasteiger partial charge in [-0.1, -0.05) is 12.1 Å². The van der Waals surface area contributed by atoms with Crippen molar-refractivity contribution < 1.29 is 14.2 Å². The predicted molar refractivity (Wildman–Crippen MR) is 96.4 cm³/mol. The normalized spacial score (nSPS) is 20.6. The van der Waals surface area contributed by atoms with E-state index in [9.17, 15) is 0 Å². The Morgan fingerprint density at radius 3 is 2.48 bits per heavy atom. The number of rotatable bonds is 3. The highest BCUT2D eigenvalue weighted by molar-refractivity contribution is 5.68. The highest BCUT2D eigenvalue weighted by Crippen LogP contribution is 2.48. The minimum atomic E-state index is -0.517. The van der Waals surface area contributed by atoms with Gasteiger partial charge in [-0.25, -0.2) is 0 Å². The van der Waals surface area contributed by atoms with Gasteiger partial charge in [-0.2, -0.15) is 5.01 Å². The van der Waals surface area contributed by atoms with Crippen LogP contribution >= 0.6 is 0 Å². The average molecular weight is 338 g/mol. The van der Waals surface area contributed by atoms with Crippen LogP contribution in [0.2, 0.25) is 0 Å². The minimum Gasteiger partial charge on any atom is -0.497 e. The minimum absolute atomic E-state index is 0.0750. The number of para-hydroxylation sites is 1. The number of nitrogens with zero attached hydrogens (tertiary/aromatic N) is 1. The molecule has 0 bridgehead atoms. The van der Waals surface area contributed by atoms with Crippen molar-refractivity contribution in [2.45, 2.75) is 25.6 Å². The van der Waals surface area contributed by atoms with Crippen LogP contribution in [-0.2, 0) is 0 Å². The Kier molecular flexibility index (Phi) is 3.62. The molecule has 1 atom stereocenters. The standard InChI is InChI=1S/C20H22N2O3/c1-20(2)22-17(15-6-5-7-18(24-4)19(15)25-20)12-16(21-22)13-8-10-14(23-3)11-9-13/h5-12,17,21H,1-4H3. The van der Waals surface area contributed by atoms with Gasteiger partial charge in [-0.3, -0.25) is 0 Å². The summed E-state index contributed by atoms with van der Waals surface area (Å²) < 4.78 is 17.0. The molecule has 130 valence electrons. The maximum absolute atomic E-state index is 6.26. The molecule has 0 fully saturated rings. The van der Waals surface area contributed by atoms with Crippen LogP contribution < -0.4 is 19.6 Å². The summed E-state index contributed by atoms with van der Waals surface area (Å²) in [6, 6.07) is 14.1. The van der Waals surface area contributed by atoms with Gasteiger partial charge < -0.3 is 19.6 Å². The van der Waals surface area contributed by atoms with Crippen LogP contribution in [0.4, 0.5) is 0 Å². The third-order valence-electron chi connectivity index (χ3n) is 4.72. The molecule has 2 aromatic rings. The summed E-state index contributed by atoms with van der Waals surface area (Å²) in [5.41, 5.74) is 6.24. The summed E-state index contributed by atoms with van der Waals surface area (Å²) in [7, 11) is 3.34. The highest BCUT2D eigenvalue weighted by atomic mass is 16.5. The molecule has 0 radical (unpaired) electrons. The molecule has 2 aromatic carbocycles. The molecule has 0 aliphatic carbocycles. The second-order valence-electron chi connectivity index (χ2n) is 6.66.